The maximum Gasteiger partial charge on any atom is 0.511 e. The van der Waals surface area contributed by atoms with Gasteiger partial charge < -0.3 is 14.6 Å². The van der Waals surface area contributed by atoms with Crippen molar-refractivity contribution >= 4 is 17.8 Å². The van der Waals surface area contributed by atoms with Crippen LogP contribution in [0.5, 0.6) is 11.5 Å². The summed E-state index contributed by atoms with van der Waals surface area (Å²) in [6, 6.07) is 16.4. The third kappa shape index (κ3) is 7.09. The number of rotatable bonds is 7. The zero-order chi connectivity index (χ0) is 31.6. The van der Waals surface area contributed by atoms with Crippen molar-refractivity contribution in [1.82, 2.24) is 14.8 Å². The van der Waals surface area contributed by atoms with E-state index in [0.717, 1.165) is 11.1 Å². The van der Waals surface area contributed by atoms with E-state index in [1.54, 1.807) is 12.1 Å². The number of carbonyl (C=O) groups is 1. The van der Waals surface area contributed by atoms with Crippen molar-refractivity contribution in [2.45, 2.75) is 50.6 Å². The molecular formula is C30H24ClF6N3O4. The number of pyridine rings is 1. The average molecular weight is 640 g/mol. The minimum absolute atomic E-state index is 0.0594. The first kappa shape index (κ1) is 31.2. The van der Waals surface area contributed by atoms with Gasteiger partial charge in [-0.2, -0.15) is 31.4 Å². The summed E-state index contributed by atoms with van der Waals surface area (Å²) >= 11 is 6.22. The quantitative estimate of drug-likeness (QED) is 0.160. The SMILES string of the molecule is O=C(O)Oc1cnn(-c2cccc(-c3cc(Cl)ccc3OCc3ccc([C@H]4CC[C@@H](C(F)(F)F)CC4)cc3)n2)c1C(F)(F)F. The first-order valence-corrected chi connectivity index (χ1v) is 13.8. The molecule has 0 saturated heterocycles. The highest BCUT2D eigenvalue weighted by molar-refractivity contribution is 6.31. The Kier molecular flexibility index (Phi) is 8.78. The van der Waals surface area contributed by atoms with Crippen LogP contribution in [0, 0.1) is 5.92 Å². The van der Waals surface area contributed by atoms with E-state index in [-0.39, 0.29) is 36.9 Å². The van der Waals surface area contributed by atoms with E-state index in [2.05, 4.69) is 14.8 Å². The van der Waals surface area contributed by atoms with Crippen LogP contribution in [0.2, 0.25) is 5.02 Å². The Bertz CT molecular complexity index is 1630. The molecule has 2 aromatic heterocycles. The number of nitrogens with zero attached hydrogens (tertiary/aromatic N) is 3. The van der Waals surface area contributed by atoms with Crippen LogP contribution >= 0.6 is 11.6 Å². The van der Waals surface area contributed by atoms with Crippen molar-refractivity contribution in [3.63, 3.8) is 0 Å². The van der Waals surface area contributed by atoms with Gasteiger partial charge in [0.05, 0.1) is 17.8 Å². The largest absolute Gasteiger partial charge is 0.511 e. The van der Waals surface area contributed by atoms with Crippen LogP contribution in [0.25, 0.3) is 17.1 Å². The highest BCUT2D eigenvalue weighted by Gasteiger charge is 2.42. The van der Waals surface area contributed by atoms with E-state index in [4.69, 9.17) is 21.4 Å². The molecule has 0 unspecified atom stereocenters. The molecule has 1 aliphatic carbocycles. The van der Waals surface area contributed by atoms with Gasteiger partial charge in [0.25, 0.3) is 0 Å². The first-order chi connectivity index (χ1) is 20.8. The zero-order valence-electron chi connectivity index (χ0n) is 22.7. The lowest BCUT2D eigenvalue weighted by molar-refractivity contribution is -0.182. The number of alkyl halides is 6. The van der Waals surface area contributed by atoms with Crippen LogP contribution in [0.15, 0.2) is 66.9 Å². The van der Waals surface area contributed by atoms with E-state index in [1.807, 2.05) is 24.3 Å². The molecule has 2 heterocycles. The molecule has 0 radical (unpaired) electrons. The molecule has 2 aromatic carbocycles. The number of hydrogen-bond donors (Lipinski definition) is 1. The Balaban J connectivity index is 1.34. The van der Waals surface area contributed by atoms with Crippen LogP contribution in [-0.2, 0) is 12.8 Å². The standard InChI is InChI=1S/C30H24ClF6N3O4/c31-21-12-13-24(43-16-17-4-6-18(7-5-17)19-8-10-20(11-9-19)29(32,33)34)22(14-21)23-2-1-3-26(39-23)40-27(30(35,36)37)25(15-38-40)44-28(41)42/h1-7,12-15,19-20H,8-11,16H2,(H,41,42)/t19-,20+. The van der Waals surface area contributed by atoms with Gasteiger partial charge in [0, 0.05) is 10.6 Å². The Labute approximate surface area is 252 Å². The molecule has 5 rings (SSSR count). The fourth-order valence-electron chi connectivity index (χ4n) is 5.26. The van der Waals surface area contributed by atoms with Crippen LogP contribution in [-0.4, -0.2) is 32.2 Å². The number of carboxylic acid groups (broad SMARTS) is 1. The number of aromatic nitrogens is 3. The Morgan fingerprint density at radius 3 is 2.30 bits per heavy atom. The van der Waals surface area contributed by atoms with E-state index in [1.165, 1.54) is 24.3 Å². The molecule has 1 aliphatic rings. The summed E-state index contributed by atoms with van der Waals surface area (Å²) in [6.07, 6.45) is -9.30. The number of ether oxygens (including phenoxy) is 2. The Morgan fingerprint density at radius 2 is 1.66 bits per heavy atom. The average Bonchev–Trinajstić information content (AvgIpc) is 3.40. The lowest BCUT2D eigenvalue weighted by Crippen LogP contribution is -2.27. The molecule has 0 atom stereocenters. The monoisotopic (exact) mass is 639 g/mol. The van der Waals surface area contributed by atoms with E-state index < -0.39 is 35.9 Å². The predicted molar refractivity (Wildman–Crippen MR) is 147 cm³/mol. The van der Waals surface area contributed by atoms with Crippen molar-refractivity contribution < 1.29 is 45.7 Å². The highest BCUT2D eigenvalue weighted by atomic mass is 35.5. The van der Waals surface area contributed by atoms with Gasteiger partial charge in [0.15, 0.2) is 17.3 Å². The summed E-state index contributed by atoms with van der Waals surface area (Å²) in [5.74, 6) is -2.11. The highest BCUT2D eigenvalue weighted by Crippen LogP contribution is 2.43. The molecule has 0 amide bonds. The first-order valence-electron chi connectivity index (χ1n) is 13.4. The molecule has 1 saturated carbocycles. The van der Waals surface area contributed by atoms with Gasteiger partial charge in [-0.25, -0.2) is 14.5 Å². The molecule has 232 valence electrons. The van der Waals surface area contributed by atoms with Crippen LogP contribution < -0.4 is 9.47 Å². The van der Waals surface area contributed by atoms with E-state index in [0.29, 0.717) is 40.1 Å². The molecule has 44 heavy (non-hydrogen) atoms. The van der Waals surface area contributed by atoms with Crippen LogP contribution in [0.1, 0.15) is 48.4 Å². The van der Waals surface area contributed by atoms with Crippen molar-refractivity contribution in [2.75, 3.05) is 0 Å². The molecule has 0 bridgehead atoms. The summed E-state index contributed by atoms with van der Waals surface area (Å²) in [4.78, 5) is 15.2. The Morgan fingerprint density at radius 1 is 0.955 bits per heavy atom. The molecule has 1 N–H and O–H groups in total. The Hall–Kier alpha value is -4.26. The predicted octanol–water partition coefficient (Wildman–Crippen LogP) is 9.08. The number of halogens is 7. The van der Waals surface area contributed by atoms with Gasteiger partial charge in [-0.1, -0.05) is 41.9 Å². The third-order valence-electron chi connectivity index (χ3n) is 7.41. The van der Waals surface area contributed by atoms with Gasteiger partial charge in [0.1, 0.15) is 12.4 Å². The van der Waals surface area contributed by atoms with Gasteiger partial charge >= 0.3 is 18.5 Å². The fraction of sp³-hybridized carbons (Fsp3) is 0.300. The number of hydrogen-bond acceptors (Lipinski definition) is 5. The van der Waals surface area contributed by atoms with Crippen molar-refractivity contribution in [1.29, 1.82) is 0 Å². The second-order valence-corrected chi connectivity index (χ2v) is 10.7. The molecule has 4 aromatic rings. The molecule has 7 nitrogen and oxygen atoms in total. The molecule has 1 fully saturated rings. The fourth-order valence-corrected chi connectivity index (χ4v) is 5.43. The summed E-state index contributed by atoms with van der Waals surface area (Å²) in [7, 11) is 0. The molecule has 0 spiro atoms. The van der Waals surface area contributed by atoms with Crippen LogP contribution in [0.4, 0.5) is 31.1 Å². The number of benzene rings is 2. The van der Waals surface area contributed by atoms with Crippen molar-refractivity contribution in [3.05, 3.63) is 88.7 Å². The van der Waals surface area contributed by atoms with Crippen molar-refractivity contribution in [2.24, 2.45) is 5.92 Å². The molecular weight excluding hydrogens is 616 g/mol. The van der Waals surface area contributed by atoms with Crippen molar-refractivity contribution in [3.8, 4) is 28.6 Å². The summed E-state index contributed by atoms with van der Waals surface area (Å²) in [5.41, 5.74) is 0.882. The van der Waals surface area contributed by atoms with E-state index >= 15 is 0 Å². The lowest BCUT2D eigenvalue weighted by Gasteiger charge is -2.30. The summed E-state index contributed by atoms with van der Waals surface area (Å²) in [6.45, 7) is 0.114. The maximum atomic E-state index is 13.8. The van der Waals surface area contributed by atoms with Gasteiger partial charge in [-0.3, -0.25) is 0 Å². The normalized spacial score (nSPS) is 17.3. The topological polar surface area (TPSA) is 86.5 Å². The maximum absolute atomic E-state index is 13.8. The molecule has 14 heteroatoms. The van der Waals surface area contributed by atoms with Gasteiger partial charge in [-0.05, 0) is 73.1 Å². The lowest BCUT2D eigenvalue weighted by atomic mass is 9.78. The van der Waals surface area contributed by atoms with Gasteiger partial charge in [0.2, 0.25) is 0 Å². The minimum atomic E-state index is -5.01. The smallest absolute Gasteiger partial charge is 0.488 e. The second-order valence-electron chi connectivity index (χ2n) is 10.3. The minimum Gasteiger partial charge on any atom is -0.488 e. The zero-order valence-corrected chi connectivity index (χ0v) is 23.5. The molecule has 0 aliphatic heterocycles. The van der Waals surface area contributed by atoms with E-state index in [9.17, 15) is 31.1 Å². The second kappa shape index (κ2) is 12.4. The summed E-state index contributed by atoms with van der Waals surface area (Å²) < 4.78 is 91.2. The van der Waals surface area contributed by atoms with Gasteiger partial charge in [-0.15, -0.1) is 0 Å². The third-order valence-corrected chi connectivity index (χ3v) is 7.64. The summed E-state index contributed by atoms with van der Waals surface area (Å²) in [5, 5.41) is 12.8. The van der Waals surface area contributed by atoms with Crippen LogP contribution in [0.3, 0.4) is 0 Å².